The molecule has 0 aliphatic heterocycles. The van der Waals surface area contributed by atoms with Gasteiger partial charge < -0.3 is 5.32 Å². The molecule has 2 rings (SSSR count). The van der Waals surface area contributed by atoms with E-state index in [-0.39, 0.29) is 0 Å². The van der Waals surface area contributed by atoms with E-state index in [4.69, 9.17) is 11.6 Å². The molecule has 3 nitrogen and oxygen atoms in total. The second-order valence-corrected chi connectivity index (χ2v) is 5.29. The molecule has 1 aromatic carbocycles. The molecule has 0 bridgehead atoms. The maximum Gasteiger partial charge on any atom is 0.147 e. The molecular weight excluding hydrogens is 254 g/mol. The van der Waals surface area contributed by atoms with E-state index in [1.807, 2.05) is 32.2 Å². The predicted octanol–water partition coefficient (Wildman–Crippen LogP) is 2.93. The quantitative estimate of drug-likeness (QED) is 0.926. The molecule has 17 heavy (non-hydrogen) atoms. The normalized spacial score (nSPS) is 10.8. The first-order valence-corrected chi connectivity index (χ1v) is 6.63. The molecule has 0 amide bonds. The SMILES string of the molecule is CNCCc1nnc(-c2ccc(Cl)c(C)c2)s1. The molecule has 1 N–H and O–H groups in total. The van der Waals surface area contributed by atoms with Gasteiger partial charge in [0.15, 0.2) is 0 Å². The Morgan fingerprint density at radius 2 is 2.18 bits per heavy atom. The topological polar surface area (TPSA) is 37.8 Å². The van der Waals surface area contributed by atoms with E-state index in [1.165, 1.54) is 0 Å². The van der Waals surface area contributed by atoms with E-state index in [0.717, 1.165) is 39.1 Å². The van der Waals surface area contributed by atoms with Crippen LogP contribution in [-0.4, -0.2) is 23.8 Å². The summed E-state index contributed by atoms with van der Waals surface area (Å²) >= 11 is 7.64. The molecule has 0 saturated heterocycles. The van der Waals surface area contributed by atoms with Crippen LogP contribution < -0.4 is 5.32 Å². The average molecular weight is 268 g/mol. The van der Waals surface area contributed by atoms with Gasteiger partial charge in [0, 0.05) is 23.6 Å². The highest BCUT2D eigenvalue weighted by molar-refractivity contribution is 7.14. The first kappa shape index (κ1) is 12.5. The smallest absolute Gasteiger partial charge is 0.147 e. The highest BCUT2D eigenvalue weighted by atomic mass is 35.5. The van der Waals surface area contributed by atoms with Crippen LogP contribution in [0.4, 0.5) is 0 Å². The van der Waals surface area contributed by atoms with Crippen LogP contribution >= 0.6 is 22.9 Å². The van der Waals surface area contributed by atoms with Gasteiger partial charge in [-0.1, -0.05) is 29.0 Å². The molecule has 2 aromatic rings. The third-order valence-corrected chi connectivity index (χ3v) is 3.92. The number of rotatable bonds is 4. The van der Waals surface area contributed by atoms with Gasteiger partial charge in [-0.2, -0.15) is 0 Å². The molecule has 0 aliphatic rings. The van der Waals surface area contributed by atoms with Crippen LogP contribution in [0.1, 0.15) is 10.6 Å². The lowest BCUT2D eigenvalue weighted by Gasteiger charge is -1.99. The standard InChI is InChI=1S/C12H14ClN3S/c1-8-7-9(3-4-10(8)13)12-16-15-11(17-12)5-6-14-2/h3-4,7,14H,5-6H2,1-2H3. The monoisotopic (exact) mass is 267 g/mol. The maximum absolute atomic E-state index is 6.00. The summed E-state index contributed by atoms with van der Waals surface area (Å²) in [6.45, 7) is 2.92. The van der Waals surface area contributed by atoms with Gasteiger partial charge >= 0.3 is 0 Å². The Kier molecular flexibility index (Phi) is 4.10. The molecule has 0 atom stereocenters. The average Bonchev–Trinajstić information content (AvgIpc) is 2.79. The molecule has 90 valence electrons. The van der Waals surface area contributed by atoms with Crippen molar-refractivity contribution in [1.82, 2.24) is 15.5 Å². The minimum absolute atomic E-state index is 0.786. The van der Waals surface area contributed by atoms with Crippen LogP contribution in [0.5, 0.6) is 0 Å². The third-order valence-electron chi connectivity index (χ3n) is 2.46. The fourth-order valence-corrected chi connectivity index (χ4v) is 2.43. The number of nitrogens with one attached hydrogen (secondary N) is 1. The van der Waals surface area contributed by atoms with E-state index in [9.17, 15) is 0 Å². The maximum atomic E-state index is 6.00. The summed E-state index contributed by atoms with van der Waals surface area (Å²) in [7, 11) is 1.94. The Bertz CT molecular complexity index is 510. The van der Waals surface area contributed by atoms with E-state index in [1.54, 1.807) is 11.3 Å². The lowest BCUT2D eigenvalue weighted by Crippen LogP contribution is -2.09. The van der Waals surface area contributed by atoms with Crippen molar-refractivity contribution in [1.29, 1.82) is 0 Å². The number of likely N-dealkylation sites (N-methyl/N-ethyl adjacent to an activating group) is 1. The summed E-state index contributed by atoms with van der Waals surface area (Å²) < 4.78 is 0. The van der Waals surface area contributed by atoms with Crippen molar-refractivity contribution in [2.45, 2.75) is 13.3 Å². The Balaban J connectivity index is 2.21. The van der Waals surface area contributed by atoms with Crippen molar-refractivity contribution < 1.29 is 0 Å². The van der Waals surface area contributed by atoms with Crippen molar-refractivity contribution in [2.75, 3.05) is 13.6 Å². The van der Waals surface area contributed by atoms with Gasteiger partial charge in [-0.05, 0) is 31.7 Å². The predicted molar refractivity (Wildman–Crippen MR) is 72.7 cm³/mol. The molecular formula is C12H14ClN3S. The minimum atomic E-state index is 0.786. The zero-order valence-corrected chi connectivity index (χ0v) is 11.4. The summed E-state index contributed by atoms with van der Waals surface area (Å²) in [6, 6.07) is 5.93. The second kappa shape index (κ2) is 5.58. The highest BCUT2D eigenvalue weighted by Crippen LogP contribution is 2.27. The zero-order chi connectivity index (χ0) is 12.3. The molecule has 0 saturated carbocycles. The van der Waals surface area contributed by atoms with Gasteiger partial charge in [0.25, 0.3) is 0 Å². The molecule has 5 heteroatoms. The van der Waals surface area contributed by atoms with Crippen LogP contribution in [0, 0.1) is 6.92 Å². The number of hydrogen-bond donors (Lipinski definition) is 1. The van der Waals surface area contributed by atoms with Gasteiger partial charge in [-0.25, -0.2) is 0 Å². The summed E-state index contributed by atoms with van der Waals surface area (Å²) in [5, 5.41) is 14.3. The molecule has 1 heterocycles. The van der Waals surface area contributed by atoms with Crippen molar-refractivity contribution >= 4 is 22.9 Å². The Hall–Kier alpha value is -0.970. The minimum Gasteiger partial charge on any atom is -0.319 e. The number of halogens is 1. The van der Waals surface area contributed by atoms with Gasteiger partial charge in [0.05, 0.1) is 0 Å². The van der Waals surface area contributed by atoms with Gasteiger partial charge in [-0.15, -0.1) is 10.2 Å². The summed E-state index contributed by atoms with van der Waals surface area (Å²) in [5.41, 5.74) is 2.15. The van der Waals surface area contributed by atoms with Crippen molar-refractivity contribution in [3.05, 3.63) is 33.8 Å². The molecule has 0 spiro atoms. The summed E-state index contributed by atoms with van der Waals surface area (Å²) in [5.74, 6) is 0. The lowest BCUT2D eigenvalue weighted by molar-refractivity contribution is 0.779. The number of aromatic nitrogens is 2. The van der Waals surface area contributed by atoms with E-state index < -0.39 is 0 Å². The van der Waals surface area contributed by atoms with Crippen LogP contribution in [-0.2, 0) is 6.42 Å². The van der Waals surface area contributed by atoms with E-state index in [2.05, 4.69) is 15.5 Å². The third kappa shape index (κ3) is 3.03. The zero-order valence-electron chi connectivity index (χ0n) is 9.83. The number of aryl methyl sites for hydroxylation is 1. The van der Waals surface area contributed by atoms with Crippen molar-refractivity contribution in [3.63, 3.8) is 0 Å². The first-order chi connectivity index (χ1) is 8.20. The van der Waals surface area contributed by atoms with Gasteiger partial charge in [0.1, 0.15) is 10.0 Å². The Morgan fingerprint density at radius 3 is 2.88 bits per heavy atom. The first-order valence-electron chi connectivity index (χ1n) is 5.44. The van der Waals surface area contributed by atoms with E-state index in [0.29, 0.717) is 0 Å². The molecule has 0 radical (unpaired) electrons. The molecule has 0 aliphatic carbocycles. The fraction of sp³-hybridized carbons (Fsp3) is 0.333. The van der Waals surface area contributed by atoms with Crippen LogP contribution in [0.2, 0.25) is 5.02 Å². The van der Waals surface area contributed by atoms with E-state index >= 15 is 0 Å². The van der Waals surface area contributed by atoms with Crippen LogP contribution in [0.3, 0.4) is 0 Å². The Labute approximate surface area is 110 Å². The van der Waals surface area contributed by atoms with Crippen LogP contribution in [0.15, 0.2) is 18.2 Å². The molecule has 1 aromatic heterocycles. The van der Waals surface area contributed by atoms with Gasteiger partial charge in [-0.3, -0.25) is 0 Å². The summed E-state index contributed by atoms with van der Waals surface area (Å²) in [4.78, 5) is 0. The largest absolute Gasteiger partial charge is 0.319 e. The molecule has 0 unspecified atom stereocenters. The van der Waals surface area contributed by atoms with Crippen LogP contribution in [0.25, 0.3) is 10.6 Å². The number of nitrogens with zero attached hydrogens (tertiary/aromatic N) is 2. The number of benzene rings is 1. The Morgan fingerprint density at radius 1 is 1.35 bits per heavy atom. The molecule has 0 fully saturated rings. The lowest BCUT2D eigenvalue weighted by atomic mass is 10.1. The number of hydrogen-bond acceptors (Lipinski definition) is 4. The van der Waals surface area contributed by atoms with Crippen molar-refractivity contribution in [3.8, 4) is 10.6 Å². The van der Waals surface area contributed by atoms with Crippen molar-refractivity contribution in [2.24, 2.45) is 0 Å². The summed E-state index contributed by atoms with van der Waals surface area (Å²) in [6.07, 6.45) is 0.917. The highest BCUT2D eigenvalue weighted by Gasteiger charge is 2.07. The fourth-order valence-electron chi connectivity index (χ4n) is 1.48. The second-order valence-electron chi connectivity index (χ2n) is 3.82. The van der Waals surface area contributed by atoms with Gasteiger partial charge in [0.2, 0.25) is 0 Å².